The fraction of sp³-hybridized carbons (Fsp3) is 0.727. The van der Waals surface area contributed by atoms with Crippen LogP contribution in [0, 0.1) is 5.41 Å². The summed E-state index contributed by atoms with van der Waals surface area (Å²) in [4.78, 5) is 4.07. The number of aliphatic hydroxyl groups excluding tert-OH is 1. The number of hydrogen-bond donors (Lipinski definition) is 1. The summed E-state index contributed by atoms with van der Waals surface area (Å²) in [5.41, 5.74) is 1.43. The number of rotatable bonds is 4. The van der Waals surface area contributed by atoms with E-state index in [0.717, 1.165) is 12.2 Å². The zero-order valence-corrected chi connectivity index (χ0v) is 8.74. The van der Waals surface area contributed by atoms with Gasteiger partial charge in [-0.1, -0.05) is 13.3 Å². The van der Waals surface area contributed by atoms with Crippen molar-refractivity contribution in [1.82, 2.24) is 9.55 Å². The fourth-order valence-electron chi connectivity index (χ4n) is 2.28. The van der Waals surface area contributed by atoms with Gasteiger partial charge in [0.05, 0.1) is 24.8 Å². The standard InChI is InChI=1S/C11H18N2O/c1-2-11(4-3-5-11)8-13-9-12-6-10(13)7-14/h6,9,14H,2-5,7-8H2,1H3. The van der Waals surface area contributed by atoms with Gasteiger partial charge in [0, 0.05) is 6.54 Å². The van der Waals surface area contributed by atoms with Crippen molar-refractivity contribution in [3.05, 3.63) is 18.2 Å². The Balaban J connectivity index is 2.09. The first-order valence-corrected chi connectivity index (χ1v) is 5.39. The number of imidazole rings is 1. The molecule has 0 radical (unpaired) electrons. The molecule has 0 unspecified atom stereocenters. The molecule has 14 heavy (non-hydrogen) atoms. The van der Waals surface area contributed by atoms with Crippen LogP contribution in [0.4, 0.5) is 0 Å². The summed E-state index contributed by atoms with van der Waals surface area (Å²) in [7, 11) is 0. The maximum atomic E-state index is 9.11. The normalized spacial score (nSPS) is 19.3. The molecule has 1 N–H and O–H groups in total. The molecule has 1 fully saturated rings. The molecule has 78 valence electrons. The molecule has 1 saturated carbocycles. The first-order chi connectivity index (χ1) is 6.79. The van der Waals surface area contributed by atoms with Crippen molar-refractivity contribution in [3.8, 4) is 0 Å². The second-order valence-corrected chi connectivity index (χ2v) is 4.38. The molecule has 0 spiro atoms. The highest BCUT2D eigenvalue weighted by atomic mass is 16.3. The predicted molar refractivity (Wildman–Crippen MR) is 54.7 cm³/mol. The molecule has 0 aromatic carbocycles. The monoisotopic (exact) mass is 194 g/mol. The lowest BCUT2D eigenvalue weighted by Gasteiger charge is -2.41. The minimum atomic E-state index is 0.0970. The second-order valence-electron chi connectivity index (χ2n) is 4.38. The van der Waals surface area contributed by atoms with Crippen LogP contribution in [0.2, 0.25) is 0 Å². The Morgan fingerprint density at radius 1 is 1.57 bits per heavy atom. The van der Waals surface area contributed by atoms with E-state index in [-0.39, 0.29) is 6.61 Å². The summed E-state index contributed by atoms with van der Waals surface area (Å²) in [5.74, 6) is 0. The van der Waals surface area contributed by atoms with Crippen molar-refractivity contribution in [1.29, 1.82) is 0 Å². The van der Waals surface area contributed by atoms with Crippen molar-refractivity contribution < 1.29 is 5.11 Å². The Morgan fingerprint density at radius 3 is 2.86 bits per heavy atom. The van der Waals surface area contributed by atoms with Gasteiger partial charge in [-0.25, -0.2) is 4.98 Å². The van der Waals surface area contributed by atoms with Crippen molar-refractivity contribution >= 4 is 0 Å². The topological polar surface area (TPSA) is 38.0 Å². The molecule has 0 bridgehead atoms. The lowest BCUT2D eigenvalue weighted by Crippen LogP contribution is -2.33. The van der Waals surface area contributed by atoms with E-state index in [1.54, 1.807) is 6.20 Å². The van der Waals surface area contributed by atoms with Gasteiger partial charge in [0.2, 0.25) is 0 Å². The molecule has 2 rings (SSSR count). The Morgan fingerprint density at radius 2 is 2.36 bits per heavy atom. The molecule has 0 amide bonds. The van der Waals surface area contributed by atoms with Crippen LogP contribution in [0.3, 0.4) is 0 Å². The van der Waals surface area contributed by atoms with Crippen LogP contribution in [0.5, 0.6) is 0 Å². The van der Waals surface area contributed by atoms with Crippen LogP contribution in [0.15, 0.2) is 12.5 Å². The molecule has 1 aromatic rings. The lowest BCUT2D eigenvalue weighted by molar-refractivity contribution is 0.0971. The predicted octanol–water partition coefficient (Wildman–Crippen LogP) is 1.96. The van der Waals surface area contributed by atoms with Crippen molar-refractivity contribution in [2.45, 2.75) is 45.8 Å². The second kappa shape index (κ2) is 3.73. The highest BCUT2D eigenvalue weighted by molar-refractivity contribution is 4.99. The average molecular weight is 194 g/mol. The van der Waals surface area contributed by atoms with Gasteiger partial charge in [-0.05, 0) is 24.7 Å². The van der Waals surface area contributed by atoms with Gasteiger partial charge < -0.3 is 9.67 Å². The average Bonchev–Trinajstić information content (AvgIpc) is 2.58. The number of aliphatic hydroxyl groups is 1. The Bertz CT molecular complexity index is 296. The largest absolute Gasteiger partial charge is 0.390 e. The Hall–Kier alpha value is -0.830. The van der Waals surface area contributed by atoms with E-state index >= 15 is 0 Å². The van der Waals surface area contributed by atoms with Crippen LogP contribution in [-0.4, -0.2) is 14.7 Å². The summed E-state index contributed by atoms with van der Waals surface area (Å²) in [5, 5.41) is 9.11. The SMILES string of the molecule is CCC1(Cn2cncc2CO)CCC1. The molecule has 0 atom stereocenters. The van der Waals surface area contributed by atoms with Crippen LogP contribution >= 0.6 is 0 Å². The number of nitrogens with zero attached hydrogens (tertiary/aromatic N) is 2. The molecule has 0 saturated heterocycles. The summed E-state index contributed by atoms with van der Waals surface area (Å²) in [6.45, 7) is 3.38. The van der Waals surface area contributed by atoms with E-state index in [1.807, 2.05) is 6.33 Å². The minimum absolute atomic E-state index is 0.0970. The van der Waals surface area contributed by atoms with Crippen LogP contribution < -0.4 is 0 Å². The van der Waals surface area contributed by atoms with Crippen molar-refractivity contribution in [2.75, 3.05) is 0 Å². The molecular formula is C11H18N2O. The summed E-state index contributed by atoms with van der Waals surface area (Å²) in [6, 6.07) is 0. The zero-order chi connectivity index (χ0) is 10.0. The van der Waals surface area contributed by atoms with Crippen molar-refractivity contribution in [2.24, 2.45) is 5.41 Å². The maximum absolute atomic E-state index is 9.11. The number of aromatic nitrogens is 2. The third-order valence-electron chi connectivity index (χ3n) is 3.63. The van der Waals surface area contributed by atoms with Crippen LogP contribution in [-0.2, 0) is 13.2 Å². The third-order valence-corrected chi connectivity index (χ3v) is 3.63. The molecule has 1 aliphatic carbocycles. The van der Waals surface area contributed by atoms with Gasteiger partial charge in [0.25, 0.3) is 0 Å². The van der Waals surface area contributed by atoms with E-state index in [0.29, 0.717) is 5.41 Å². The summed E-state index contributed by atoms with van der Waals surface area (Å²) in [6.07, 6.45) is 8.83. The van der Waals surface area contributed by atoms with Gasteiger partial charge in [0.15, 0.2) is 0 Å². The highest BCUT2D eigenvalue weighted by Crippen LogP contribution is 2.45. The zero-order valence-electron chi connectivity index (χ0n) is 8.74. The fourth-order valence-corrected chi connectivity index (χ4v) is 2.28. The molecule has 3 nitrogen and oxygen atoms in total. The molecule has 0 aliphatic heterocycles. The quantitative estimate of drug-likeness (QED) is 0.795. The molecule has 1 aromatic heterocycles. The third kappa shape index (κ3) is 1.57. The Labute approximate surface area is 84.8 Å². The maximum Gasteiger partial charge on any atom is 0.0949 e. The molecule has 3 heteroatoms. The van der Waals surface area contributed by atoms with E-state index < -0.39 is 0 Å². The minimum Gasteiger partial charge on any atom is -0.390 e. The van der Waals surface area contributed by atoms with Crippen LogP contribution in [0.1, 0.15) is 38.3 Å². The van der Waals surface area contributed by atoms with Gasteiger partial charge in [-0.3, -0.25) is 0 Å². The van der Waals surface area contributed by atoms with Crippen LogP contribution in [0.25, 0.3) is 0 Å². The van der Waals surface area contributed by atoms with Gasteiger partial charge in [-0.15, -0.1) is 0 Å². The first-order valence-electron chi connectivity index (χ1n) is 5.39. The molecule has 1 heterocycles. The van der Waals surface area contributed by atoms with E-state index in [9.17, 15) is 0 Å². The molecular weight excluding hydrogens is 176 g/mol. The van der Waals surface area contributed by atoms with E-state index in [2.05, 4.69) is 16.5 Å². The summed E-state index contributed by atoms with van der Waals surface area (Å²) >= 11 is 0. The highest BCUT2D eigenvalue weighted by Gasteiger charge is 2.35. The smallest absolute Gasteiger partial charge is 0.0949 e. The lowest BCUT2D eigenvalue weighted by atomic mass is 9.67. The van der Waals surface area contributed by atoms with Crippen molar-refractivity contribution in [3.63, 3.8) is 0 Å². The molecule has 1 aliphatic rings. The number of hydrogen-bond acceptors (Lipinski definition) is 2. The van der Waals surface area contributed by atoms with Gasteiger partial charge in [0.1, 0.15) is 0 Å². The van der Waals surface area contributed by atoms with E-state index in [1.165, 1.54) is 25.7 Å². The van der Waals surface area contributed by atoms with Gasteiger partial charge >= 0.3 is 0 Å². The van der Waals surface area contributed by atoms with E-state index in [4.69, 9.17) is 5.11 Å². The Kier molecular flexibility index (Phi) is 2.59. The summed E-state index contributed by atoms with van der Waals surface area (Å²) < 4.78 is 2.10. The van der Waals surface area contributed by atoms with Gasteiger partial charge in [-0.2, -0.15) is 0 Å². The first kappa shape index (κ1) is 9.71.